The largest absolute Gasteiger partial charge is 0.465 e. The summed E-state index contributed by atoms with van der Waals surface area (Å²) in [6.07, 6.45) is 0.927. The molecule has 0 radical (unpaired) electrons. The van der Waals surface area contributed by atoms with E-state index in [2.05, 4.69) is 0 Å². The highest BCUT2D eigenvalue weighted by atomic mass is 19.1. The van der Waals surface area contributed by atoms with E-state index in [9.17, 15) is 14.0 Å². The van der Waals surface area contributed by atoms with Crippen LogP contribution in [0.25, 0.3) is 0 Å². The number of hydrogen-bond donors (Lipinski definition) is 0. The van der Waals surface area contributed by atoms with Crippen molar-refractivity contribution >= 4 is 11.8 Å². The molecule has 0 bridgehead atoms. The second-order valence-corrected chi connectivity index (χ2v) is 4.01. The Labute approximate surface area is 98.6 Å². The molecule has 1 aromatic rings. The molecule has 90 valence electrons. The van der Waals surface area contributed by atoms with Gasteiger partial charge in [0.25, 0.3) is 0 Å². The van der Waals surface area contributed by atoms with Crippen LogP contribution in [-0.2, 0) is 16.0 Å². The lowest BCUT2D eigenvalue weighted by Crippen LogP contribution is -2.31. The van der Waals surface area contributed by atoms with Gasteiger partial charge in [0, 0.05) is 5.56 Å². The summed E-state index contributed by atoms with van der Waals surface area (Å²) in [6.45, 7) is 1.97. The molecule has 0 fully saturated rings. The standard InChI is InChI=1S/C13H13FO3/c1-2-17-13(16)11-5-3-8-7-9(14)4-6-10(8)12(11)15/h4,6-7,11H,2-3,5H2,1H3. The van der Waals surface area contributed by atoms with Crippen LogP contribution in [0.3, 0.4) is 0 Å². The van der Waals surface area contributed by atoms with Crippen molar-refractivity contribution in [3.05, 3.63) is 35.1 Å². The molecular formula is C13H13FO3. The van der Waals surface area contributed by atoms with Crippen molar-refractivity contribution in [2.24, 2.45) is 5.92 Å². The van der Waals surface area contributed by atoms with Gasteiger partial charge < -0.3 is 4.74 Å². The molecule has 0 saturated heterocycles. The van der Waals surface area contributed by atoms with Gasteiger partial charge in [-0.1, -0.05) is 0 Å². The van der Waals surface area contributed by atoms with E-state index < -0.39 is 11.9 Å². The van der Waals surface area contributed by atoms with Crippen LogP contribution >= 0.6 is 0 Å². The van der Waals surface area contributed by atoms with Crippen LogP contribution in [0, 0.1) is 11.7 Å². The summed E-state index contributed by atoms with van der Waals surface area (Å²) in [7, 11) is 0. The van der Waals surface area contributed by atoms with Crippen LogP contribution in [0.5, 0.6) is 0 Å². The molecule has 0 spiro atoms. The normalized spacial score (nSPS) is 18.7. The van der Waals surface area contributed by atoms with Crippen LogP contribution in [0.15, 0.2) is 18.2 Å². The maximum absolute atomic E-state index is 13.0. The first kappa shape index (κ1) is 11.8. The van der Waals surface area contributed by atoms with Gasteiger partial charge in [0.05, 0.1) is 6.61 Å². The van der Waals surface area contributed by atoms with Crippen molar-refractivity contribution in [1.82, 2.24) is 0 Å². The molecular weight excluding hydrogens is 223 g/mol. The molecule has 0 aliphatic heterocycles. The number of carbonyl (C=O) groups is 2. The minimum Gasteiger partial charge on any atom is -0.465 e. The Kier molecular flexibility index (Phi) is 3.22. The Bertz CT molecular complexity index is 468. The summed E-state index contributed by atoms with van der Waals surface area (Å²) < 4.78 is 17.9. The summed E-state index contributed by atoms with van der Waals surface area (Å²) in [5.74, 6) is -1.82. The van der Waals surface area contributed by atoms with Crippen molar-refractivity contribution < 1.29 is 18.7 Å². The average molecular weight is 236 g/mol. The number of esters is 1. The minimum absolute atomic E-state index is 0.260. The van der Waals surface area contributed by atoms with E-state index in [1.165, 1.54) is 18.2 Å². The first-order valence-electron chi connectivity index (χ1n) is 5.62. The molecule has 1 aliphatic carbocycles. The molecule has 1 atom stereocenters. The van der Waals surface area contributed by atoms with E-state index >= 15 is 0 Å². The fraction of sp³-hybridized carbons (Fsp3) is 0.385. The molecule has 3 nitrogen and oxygen atoms in total. The average Bonchev–Trinajstić information content (AvgIpc) is 2.29. The summed E-state index contributed by atoms with van der Waals surface area (Å²) in [5, 5.41) is 0. The summed E-state index contributed by atoms with van der Waals surface area (Å²) in [5.41, 5.74) is 1.12. The number of carbonyl (C=O) groups excluding carboxylic acids is 2. The molecule has 17 heavy (non-hydrogen) atoms. The lowest BCUT2D eigenvalue weighted by atomic mass is 9.83. The number of aryl methyl sites for hydroxylation is 1. The Morgan fingerprint density at radius 2 is 2.29 bits per heavy atom. The maximum atomic E-state index is 13.0. The predicted octanol–water partition coefficient (Wildman–Crippen LogP) is 2.13. The zero-order chi connectivity index (χ0) is 12.4. The third-order valence-corrected chi connectivity index (χ3v) is 2.92. The van der Waals surface area contributed by atoms with Gasteiger partial charge in [-0.2, -0.15) is 0 Å². The van der Waals surface area contributed by atoms with Crippen LogP contribution in [0.4, 0.5) is 4.39 Å². The fourth-order valence-electron chi connectivity index (χ4n) is 2.10. The smallest absolute Gasteiger partial charge is 0.316 e. The second kappa shape index (κ2) is 4.65. The first-order valence-corrected chi connectivity index (χ1v) is 5.62. The quantitative estimate of drug-likeness (QED) is 0.583. The van der Waals surface area contributed by atoms with Gasteiger partial charge in [-0.15, -0.1) is 0 Å². The van der Waals surface area contributed by atoms with Gasteiger partial charge in [-0.3, -0.25) is 9.59 Å². The Morgan fingerprint density at radius 3 is 3.00 bits per heavy atom. The van der Waals surface area contributed by atoms with Crippen LogP contribution in [0.1, 0.15) is 29.3 Å². The van der Waals surface area contributed by atoms with Gasteiger partial charge in [-0.25, -0.2) is 4.39 Å². The second-order valence-electron chi connectivity index (χ2n) is 4.01. The SMILES string of the molecule is CCOC(=O)C1CCc2cc(F)ccc2C1=O. The zero-order valence-corrected chi connectivity index (χ0v) is 9.53. The molecule has 1 aliphatic rings. The molecule has 0 heterocycles. The highest BCUT2D eigenvalue weighted by Gasteiger charge is 2.33. The number of ketones is 1. The number of hydrogen-bond acceptors (Lipinski definition) is 3. The fourth-order valence-corrected chi connectivity index (χ4v) is 2.10. The summed E-state index contributed by atoms with van der Waals surface area (Å²) >= 11 is 0. The Balaban J connectivity index is 2.27. The van der Waals surface area contributed by atoms with E-state index in [1.807, 2.05) is 0 Å². The monoisotopic (exact) mass is 236 g/mol. The van der Waals surface area contributed by atoms with Crippen LogP contribution < -0.4 is 0 Å². The number of benzene rings is 1. The van der Waals surface area contributed by atoms with Crippen molar-refractivity contribution in [1.29, 1.82) is 0 Å². The van der Waals surface area contributed by atoms with Crippen molar-refractivity contribution in [2.75, 3.05) is 6.61 Å². The number of ether oxygens (including phenoxy) is 1. The Hall–Kier alpha value is -1.71. The van der Waals surface area contributed by atoms with Crippen LogP contribution in [-0.4, -0.2) is 18.4 Å². The molecule has 4 heteroatoms. The van der Waals surface area contributed by atoms with Crippen molar-refractivity contribution in [2.45, 2.75) is 19.8 Å². The van der Waals surface area contributed by atoms with Gasteiger partial charge in [0.1, 0.15) is 11.7 Å². The molecule has 0 aromatic heterocycles. The van der Waals surface area contributed by atoms with E-state index in [4.69, 9.17) is 4.74 Å². The Morgan fingerprint density at radius 1 is 1.53 bits per heavy atom. The molecule has 0 saturated carbocycles. The number of halogens is 1. The number of fused-ring (bicyclic) bond motifs is 1. The van der Waals surface area contributed by atoms with Crippen molar-refractivity contribution in [3.8, 4) is 0 Å². The molecule has 1 unspecified atom stereocenters. The van der Waals surface area contributed by atoms with E-state index in [-0.39, 0.29) is 18.2 Å². The summed E-state index contributed by atoms with van der Waals surface area (Å²) in [6, 6.07) is 4.04. The number of rotatable bonds is 2. The highest BCUT2D eigenvalue weighted by Crippen LogP contribution is 2.27. The molecule has 2 rings (SSSR count). The predicted molar refractivity (Wildman–Crippen MR) is 59.2 cm³/mol. The van der Waals surface area contributed by atoms with Crippen LogP contribution in [0.2, 0.25) is 0 Å². The molecule has 1 aromatic carbocycles. The first-order chi connectivity index (χ1) is 8.13. The van der Waals surface area contributed by atoms with Gasteiger partial charge in [0.15, 0.2) is 5.78 Å². The maximum Gasteiger partial charge on any atom is 0.316 e. The third kappa shape index (κ3) is 2.20. The van der Waals surface area contributed by atoms with Crippen molar-refractivity contribution in [3.63, 3.8) is 0 Å². The lowest BCUT2D eigenvalue weighted by Gasteiger charge is -2.21. The van der Waals surface area contributed by atoms with E-state index in [1.54, 1.807) is 6.92 Å². The molecule has 0 N–H and O–H groups in total. The van der Waals surface area contributed by atoms with Gasteiger partial charge in [-0.05, 0) is 43.5 Å². The van der Waals surface area contributed by atoms with Gasteiger partial charge in [0.2, 0.25) is 0 Å². The zero-order valence-electron chi connectivity index (χ0n) is 9.53. The highest BCUT2D eigenvalue weighted by molar-refractivity contribution is 6.10. The van der Waals surface area contributed by atoms with E-state index in [0.717, 1.165) is 0 Å². The third-order valence-electron chi connectivity index (χ3n) is 2.92. The van der Waals surface area contributed by atoms with E-state index in [0.29, 0.717) is 24.0 Å². The minimum atomic E-state index is -0.729. The van der Waals surface area contributed by atoms with Gasteiger partial charge >= 0.3 is 5.97 Å². The number of Topliss-reactive ketones (excluding diaryl/α,β-unsaturated/α-hetero) is 1. The summed E-state index contributed by atoms with van der Waals surface area (Å²) in [4.78, 5) is 23.6. The topological polar surface area (TPSA) is 43.4 Å². The molecule has 0 amide bonds. The lowest BCUT2D eigenvalue weighted by molar-refractivity contribution is -0.146.